The van der Waals surface area contributed by atoms with Crippen molar-refractivity contribution in [1.29, 1.82) is 0 Å². The summed E-state index contributed by atoms with van der Waals surface area (Å²) in [6.07, 6.45) is 5.85. The van der Waals surface area contributed by atoms with Crippen LogP contribution in [0.4, 0.5) is 22.8 Å². The van der Waals surface area contributed by atoms with Gasteiger partial charge >= 0.3 is 12.1 Å². The van der Waals surface area contributed by atoms with Crippen LogP contribution in [0.1, 0.15) is 101 Å². The van der Waals surface area contributed by atoms with E-state index in [1.807, 2.05) is 65.6 Å². The Balaban J connectivity index is 0.000000247. The molecule has 3 heterocycles. The summed E-state index contributed by atoms with van der Waals surface area (Å²) < 4.78 is 55.1. The molecule has 14 nitrogen and oxygen atoms in total. The van der Waals surface area contributed by atoms with E-state index in [9.17, 15) is 27.6 Å². The van der Waals surface area contributed by atoms with Crippen LogP contribution < -0.4 is 25.8 Å². The summed E-state index contributed by atoms with van der Waals surface area (Å²) in [6, 6.07) is 36.0. The highest BCUT2D eigenvalue weighted by atomic mass is 35.5. The number of hydrogen-bond donors (Lipinski definition) is 3. The summed E-state index contributed by atoms with van der Waals surface area (Å²) in [5.41, 5.74) is 10.6. The summed E-state index contributed by atoms with van der Waals surface area (Å²) in [4.78, 5) is 44.9. The van der Waals surface area contributed by atoms with Gasteiger partial charge in [-0.15, -0.1) is 0 Å². The third kappa shape index (κ3) is 28.6. The van der Waals surface area contributed by atoms with E-state index in [1.54, 1.807) is 29.2 Å². The van der Waals surface area contributed by atoms with Crippen LogP contribution >= 0.6 is 11.6 Å². The normalized spacial score (nSPS) is 15.1. The quantitative estimate of drug-likeness (QED) is 0.0721. The summed E-state index contributed by atoms with van der Waals surface area (Å²) in [6.45, 7) is 20.3. The maximum atomic E-state index is 13.3. The Hall–Kier alpha value is -6.21. The van der Waals surface area contributed by atoms with Gasteiger partial charge in [0.2, 0.25) is 5.24 Å². The molecule has 18 heteroatoms. The summed E-state index contributed by atoms with van der Waals surface area (Å²) in [7, 11) is 7.75. The van der Waals surface area contributed by atoms with Crippen LogP contribution in [0.25, 0.3) is 0 Å². The number of halogens is 4. The number of carbonyl (C=O) groups is 3. The lowest BCUT2D eigenvalue weighted by Crippen LogP contribution is -2.49. The van der Waals surface area contributed by atoms with Crippen LogP contribution in [0, 0.1) is 29.3 Å². The maximum Gasteiger partial charge on any atom is 0.410 e. The molecule has 4 N–H and O–H groups in total. The van der Waals surface area contributed by atoms with Gasteiger partial charge in [-0.1, -0.05) is 88.4 Å². The maximum absolute atomic E-state index is 13.3. The van der Waals surface area contributed by atoms with E-state index >= 15 is 0 Å². The molecule has 0 saturated carbocycles. The first-order chi connectivity index (χ1) is 40.2. The third-order valence-corrected chi connectivity index (χ3v) is 14.4. The molecule has 0 aromatic heterocycles. The SMILES string of the molecule is CC(=O)Cl.CC(C)COc1ccc(CN)cc1.CC(C)COc1ccc(CNC(=O)N(Cc2ccc(F)cc2)C2CCN(C)CC2)cc1.CN1CCC(NCc2ccc(F)cc2)CC1.COC(=O)N(Cc1ccc(F)cc1)C1CCN(C)CC1. The number of piperidine rings is 3. The second-order valence-electron chi connectivity index (χ2n) is 22.7. The molecule has 5 aromatic rings. The molecule has 3 amide bonds. The van der Waals surface area contributed by atoms with Gasteiger partial charge in [-0.05, 0) is 211 Å². The van der Waals surface area contributed by atoms with Crippen molar-refractivity contribution in [2.75, 3.05) is 80.7 Å². The fourth-order valence-electron chi connectivity index (χ4n) is 9.32. The van der Waals surface area contributed by atoms with Gasteiger partial charge in [0.05, 0.1) is 20.3 Å². The van der Waals surface area contributed by atoms with Gasteiger partial charge in [0.15, 0.2) is 0 Å². The smallest absolute Gasteiger partial charge is 0.410 e. The molecule has 3 aliphatic heterocycles. The van der Waals surface area contributed by atoms with Gasteiger partial charge in [0.25, 0.3) is 0 Å². The molecule has 0 bridgehead atoms. The van der Waals surface area contributed by atoms with E-state index < -0.39 is 0 Å². The average molecular weight is 1190 g/mol. The third-order valence-electron chi connectivity index (χ3n) is 14.4. The van der Waals surface area contributed by atoms with E-state index in [1.165, 1.54) is 76.4 Å². The fourth-order valence-corrected chi connectivity index (χ4v) is 9.32. The summed E-state index contributed by atoms with van der Waals surface area (Å²) in [5.74, 6) is 2.11. The molecule has 84 heavy (non-hydrogen) atoms. The average Bonchev–Trinajstić information content (AvgIpc) is 3.52. The highest BCUT2D eigenvalue weighted by molar-refractivity contribution is 6.62. The zero-order chi connectivity index (χ0) is 61.4. The molecule has 0 spiro atoms. The van der Waals surface area contributed by atoms with E-state index in [2.05, 4.69) is 85.8 Å². The Kier molecular flexibility index (Phi) is 32.4. The molecule has 0 atom stereocenters. The first kappa shape index (κ1) is 70.3. The highest BCUT2D eigenvalue weighted by Crippen LogP contribution is 2.22. The first-order valence-corrected chi connectivity index (χ1v) is 29.8. The van der Waals surface area contributed by atoms with E-state index in [0.717, 1.165) is 104 Å². The number of methoxy groups -OCH3 is 1. The number of nitrogens with two attached hydrogens (primary N) is 1. The number of nitrogens with one attached hydrogen (secondary N) is 2. The minimum absolute atomic E-state index is 0.0842. The Labute approximate surface area is 504 Å². The van der Waals surface area contributed by atoms with Crippen molar-refractivity contribution in [2.24, 2.45) is 17.6 Å². The van der Waals surface area contributed by atoms with Crippen LogP contribution in [-0.2, 0) is 42.3 Å². The Bertz CT molecular complexity index is 2590. The monoisotopic (exact) mass is 1190 g/mol. The van der Waals surface area contributed by atoms with Crippen molar-refractivity contribution < 1.29 is 41.8 Å². The van der Waals surface area contributed by atoms with E-state index in [4.69, 9.17) is 19.9 Å². The number of ether oxygens (including phenoxy) is 3. The number of benzene rings is 5. The predicted octanol–water partition coefficient (Wildman–Crippen LogP) is 12.1. The second-order valence-corrected chi connectivity index (χ2v) is 23.2. The molecule has 3 saturated heterocycles. The Morgan fingerprint density at radius 1 is 0.548 bits per heavy atom. The number of hydrogen-bond acceptors (Lipinski definition) is 11. The summed E-state index contributed by atoms with van der Waals surface area (Å²) >= 11 is 4.64. The van der Waals surface area contributed by atoms with Crippen LogP contribution in [0.15, 0.2) is 121 Å². The molecule has 8 rings (SSSR count). The highest BCUT2D eigenvalue weighted by Gasteiger charge is 2.29. The van der Waals surface area contributed by atoms with Gasteiger partial charge in [-0.2, -0.15) is 0 Å². The van der Waals surface area contributed by atoms with Gasteiger partial charge in [0, 0.05) is 57.8 Å². The largest absolute Gasteiger partial charge is 0.493 e. The van der Waals surface area contributed by atoms with Crippen molar-refractivity contribution in [2.45, 2.75) is 124 Å². The molecular weight excluding hydrogens is 1090 g/mol. The van der Waals surface area contributed by atoms with Crippen LogP contribution in [0.5, 0.6) is 11.5 Å². The molecule has 0 aliphatic carbocycles. The lowest BCUT2D eigenvalue weighted by atomic mass is 10.0. The predicted molar refractivity (Wildman–Crippen MR) is 331 cm³/mol. The number of likely N-dealkylation sites (tertiary alicyclic amines) is 3. The van der Waals surface area contributed by atoms with Crippen molar-refractivity contribution >= 4 is 29.0 Å². The molecule has 5 aromatic carbocycles. The van der Waals surface area contributed by atoms with Gasteiger partial charge in [0.1, 0.15) is 29.0 Å². The molecule has 3 fully saturated rings. The zero-order valence-corrected chi connectivity index (χ0v) is 51.9. The minimum Gasteiger partial charge on any atom is -0.493 e. The number of nitrogens with zero attached hydrogens (tertiary/aromatic N) is 5. The van der Waals surface area contributed by atoms with E-state index in [0.29, 0.717) is 50.7 Å². The van der Waals surface area contributed by atoms with Gasteiger partial charge in [-0.25, -0.2) is 22.8 Å². The molecule has 462 valence electrons. The van der Waals surface area contributed by atoms with Gasteiger partial charge in [-0.3, -0.25) is 4.79 Å². The molecule has 3 aliphatic rings. The van der Waals surface area contributed by atoms with Crippen LogP contribution in [0.3, 0.4) is 0 Å². The topological polar surface area (TPSA) is 145 Å². The minimum atomic E-state index is -0.361. The Morgan fingerprint density at radius 2 is 0.881 bits per heavy atom. The van der Waals surface area contributed by atoms with Crippen LogP contribution in [0.2, 0.25) is 0 Å². The number of carbonyl (C=O) groups excluding carboxylic acids is 3. The Morgan fingerprint density at radius 3 is 1.26 bits per heavy atom. The number of amides is 3. The first-order valence-electron chi connectivity index (χ1n) is 29.4. The standard InChI is InChI=1S/C25H34FN3O2.C15H21FN2O2.C13H19FN2.C11H17NO.C2H3ClO/c1-19(2)18-31-24-10-6-20(7-11-24)16-27-25(30)29(23-12-14-28(3)15-13-23)17-21-4-8-22(26)9-5-21;1-17-9-7-14(8-10-17)18(15(19)20-2)11-12-3-5-13(16)6-4-12;1-16-8-6-13(7-9-16)15-10-11-2-4-12(14)5-3-11;1-9(2)8-13-11-5-3-10(7-12)4-6-11;1-2(3)4/h4-11,19,23H,12-18H2,1-3H3,(H,27,30);3-6,14H,7-11H2,1-2H3;2-5,13,15H,6-10H2,1H3;3-6,9H,7-8,12H2,1-2H3;1H3. The lowest BCUT2D eigenvalue weighted by molar-refractivity contribution is -0.109. The second kappa shape index (κ2) is 38.7. The van der Waals surface area contributed by atoms with Crippen molar-refractivity contribution in [3.8, 4) is 11.5 Å². The van der Waals surface area contributed by atoms with Crippen LogP contribution in [-0.4, -0.2) is 141 Å². The van der Waals surface area contributed by atoms with Crippen molar-refractivity contribution in [3.63, 3.8) is 0 Å². The lowest BCUT2D eigenvalue weighted by Gasteiger charge is -2.37. The van der Waals surface area contributed by atoms with Crippen molar-refractivity contribution in [1.82, 2.24) is 35.1 Å². The molecule has 0 unspecified atom stereocenters. The summed E-state index contributed by atoms with van der Waals surface area (Å²) in [5, 5.41) is 6.24. The zero-order valence-electron chi connectivity index (χ0n) is 51.1. The molecular formula is C66H94ClF3N8O6. The fraction of sp³-hybridized carbons (Fsp3) is 0.500. The number of rotatable bonds is 18. The van der Waals surface area contributed by atoms with E-state index in [-0.39, 0.29) is 46.9 Å². The van der Waals surface area contributed by atoms with Crippen molar-refractivity contribution in [3.05, 3.63) is 167 Å². The number of urea groups is 1. The molecule has 0 radical (unpaired) electrons. The van der Waals surface area contributed by atoms with Gasteiger partial charge < -0.3 is 55.1 Å².